The molecule has 1 aliphatic heterocycles. The number of rotatable bonds is 4. The van der Waals surface area contributed by atoms with Crippen molar-refractivity contribution >= 4 is 10.1 Å². The highest BCUT2D eigenvalue weighted by Gasteiger charge is 2.26. The molecule has 1 saturated heterocycles. The molecular formula is C13H18O4S. The van der Waals surface area contributed by atoms with Crippen LogP contribution in [0.15, 0.2) is 23.1 Å². The monoisotopic (exact) mass is 270 g/mol. The van der Waals surface area contributed by atoms with Crippen LogP contribution in [0.5, 0.6) is 0 Å². The summed E-state index contributed by atoms with van der Waals surface area (Å²) in [5.41, 5.74) is 1.78. The molecule has 100 valence electrons. The van der Waals surface area contributed by atoms with Gasteiger partial charge >= 0.3 is 0 Å². The maximum Gasteiger partial charge on any atom is 0.299 e. The average Bonchev–Trinajstić information content (AvgIpc) is 2.81. The van der Waals surface area contributed by atoms with Gasteiger partial charge in [-0.05, 0) is 37.0 Å². The van der Waals surface area contributed by atoms with Gasteiger partial charge in [0.25, 0.3) is 10.1 Å². The van der Waals surface area contributed by atoms with Crippen LogP contribution in [-0.4, -0.2) is 21.3 Å². The van der Waals surface area contributed by atoms with Crippen LogP contribution in [-0.2, 0) is 25.5 Å². The third-order valence-corrected chi connectivity index (χ3v) is 4.62. The molecule has 0 saturated carbocycles. The van der Waals surface area contributed by atoms with Crippen molar-refractivity contribution in [2.45, 2.75) is 44.3 Å². The molecule has 5 heteroatoms. The summed E-state index contributed by atoms with van der Waals surface area (Å²) in [5, 5.41) is 0. The largest absolute Gasteiger partial charge is 0.351 e. The molecule has 1 unspecified atom stereocenters. The maximum absolute atomic E-state index is 12.2. The van der Waals surface area contributed by atoms with Gasteiger partial charge in [-0.1, -0.05) is 19.1 Å². The molecule has 1 aliphatic rings. The predicted octanol–water partition coefficient (Wildman–Crippen LogP) is 2.40. The summed E-state index contributed by atoms with van der Waals surface area (Å²) in [6.45, 7) is 4.37. The third kappa shape index (κ3) is 2.74. The second kappa shape index (κ2) is 5.38. The minimum absolute atomic E-state index is 0.248. The Labute approximate surface area is 108 Å². The van der Waals surface area contributed by atoms with Gasteiger partial charge in [0.1, 0.15) is 0 Å². The first kappa shape index (κ1) is 13.5. The minimum Gasteiger partial charge on any atom is -0.351 e. The van der Waals surface area contributed by atoms with Gasteiger partial charge in [-0.15, -0.1) is 0 Å². The van der Waals surface area contributed by atoms with Crippen molar-refractivity contribution in [3.63, 3.8) is 0 Å². The summed E-state index contributed by atoms with van der Waals surface area (Å²) >= 11 is 0. The van der Waals surface area contributed by atoms with Crippen LogP contribution < -0.4 is 0 Å². The van der Waals surface area contributed by atoms with E-state index in [2.05, 4.69) is 0 Å². The van der Waals surface area contributed by atoms with E-state index in [1.54, 1.807) is 12.1 Å². The zero-order valence-corrected chi connectivity index (χ0v) is 11.5. The quantitative estimate of drug-likeness (QED) is 0.788. The van der Waals surface area contributed by atoms with E-state index in [-0.39, 0.29) is 4.90 Å². The van der Waals surface area contributed by atoms with Crippen LogP contribution in [0.4, 0.5) is 0 Å². The Bertz CT molecular complexity index is 516. The van der Waals surface area contributed by atoms with E-state index < -0.39 is 16.4 Å². The molecule has 0 radical (unpaired) electrons. The summed E-state index contributed by atoms with van der Waals surface area (Å²) in [5.74, 6) is 0. The molecule has 0 amide bonds. The van der Waals surface area contributed by atoms with Gasteiger partial charge in [0.2, 0.25) is 0 Å². The molecule has 1 atom stereocenters. The molecule has 4 nitrogen and oxygen atoms in total. The summed E-state index contributed by atoms with van der Waals surface area (Å²) in [4.78, 5) is 0.248. The molecule has 0 N–H and O–H groups in total. The Balaban J connectivity index is 2.29. The maximum atomic E-state index is 12.2. The highest BCUT2D eigenvalue weighted by molar-refractivity contribution is 7.86. The molecule has 2 rings (SSSR count). The van der Waals surface area contributed by atoms with E-state index >= 15 is 0 Å². The fourth-order valence-electron chi connectivity index (χ4n) is 2.13. The van der Waals surface area contributed by atoms with E-state index in [9.17, 15) is 8.42 Å². The second-order valence-electron chi connectivity index (χ2n) is 4.39. The van der Waals surface area contributed by atoms with E-state index in [0.717, 1.165) is 24.0 Å². The van der Waals surface area contributed by atoms with E-state index in [4.69, 9.17) is 8.92 Å². The molecule has 1 aromatic rings. The van der Waals surface area contributed by atoms with Crippen LogP contribution in [0, 0.1) is 6.92 Å². The number of hydrogen-bond acceptors (Lipinski definition) is 4. The average molecular weight is 270 g/mol. The lowest BCUT2D eigenvalue weighted by atomic mass is 10.1. The van der Waals surface area contributed by atoms with Crippen molar-refractivity contribution in [1.29, 1.82) is 0 Å². The van der Waals surface area contributed by atoms with Crippen LogP contribution in [0.2, 0.25) is 0 Å². The Morgan fingerprint density at radius 3 is 2.83 bits per heavy atom. The molecule has 1 fully saturated rings. The molecule has 1 heterocycles. The van der Waals surface area contributed by atoms with Crippen molar-refractivity contribution < 1.29 is 17.3 Å². The van der Waals surface area contributed by atoms with Crippen molar-refractivity contribution in [3.05, 3.63) is 29.3 Å². The molecular weight excluding hydrogens is 252 g/mol. The Hall–Kier alpha value is -0.910. The van der Waals surface area contributed by atoms with Gasteiger partial charge in [-0.2, -0.15) is 8.42 Å². The number of aryl methyl sites for hydroxylation is 1. The van der Waals surface area contributed by atoms with E-state index in [1.807, 2.05) is 19.9 Å². The third-order valence-electron chi connectivity index (χ3n) is 3.17. The fraction of sp³-hybridized carbons (Fsp3) is 0.538. The SMILES string of the molecule is CCc1cccc(S(=O)(=O)OC2CCCO2)c1C. The van der Waals surface area contributed by atoms with Gasteiger partial charge in [0.05, 0.1) is 4.90 Å². The Morgan fingerprint density at radius 1 is 1.44 bits per heavy atom. The zero-order valence-electron chi connectivity index (χ0n) is 10.7. The molecule has 0 aliphatic carbocycles. The van der Waals surface area contributed by atoms with E-state index in [1.165, 1.54) is 0 Å². The van der Waals surface area contributed by atoms with Crippen molar-refractivity contribution in [1.82, 2.24) is 0 Å². The highest BCUT2D eigenvalue weighted by Crippen LogP contribution is 2.24. The lowest BCUT2D eigenvalue weighted by molar-refractivity contribution is -0.0345. The standard InChI is InChI=1S/C13H18O4S/c1-3-11-6-4-7-12(10(11)2)18(14,15)17-13-8-5-9-16-13/h4,6-7,13H,3,5,8-9H2,1-2H3. The minimum atomic E-state index is -3.73. The Kier molecular flexibility index (Phi) is 4.04. The van der Waals surface area contributed by atoms with Crippen molar-refractivity contribution in [3.8, 4) is 0 Å². The van der Waals surface area contributed by atoms with Gasteiger partial charge in [0.15, 0.2) is 6.29 Å². The topological polar surface area (TPSA) is 52.6 Å². The summed E-state index contributed by atoms with van der Waals surface area (Å²) in [7, 11) is -3.73. The lowest BCUT2D eigenvalue weighted by Crippen LogP contribution is -2.18. The molecule has 1 aromatic carbocycles. The summed E-state index contributed by atoms with van der Waals surface area (Å²) in [6, 6.07) is 5.26. The predicted molar refractivity (Wildman–Crippen MR) is 67.8 cm³/mol. The first-order valence-corrected chi connectivity index (χ1v) is 7.59. The lowest BCUT2D eigenvalue weighted by Gasteiger charge is -2.14. The van der Waals surface area contributed by atoms with Gasteiger partial charge < -0.3 is 4.74 Å². The van der Waals surface area contributed by atoms with Crippen LogP contribution in [0.25, 0.3) is 0 Å². The van der Waals surface area contributed by atoms with Crippen molar-refractivity contribution in [2.24, 2.45) is 0 Å². The normalized spacial score (nSPS) is 20.2. The molecule has 0 aromatic heterocycles. The highest BCUT2D eigenvalue weighted by atomic mass is 32.2. The molecule has 18 heavy (non-hydrogen) atoms. The zero-order chi connectivity index (χ0) is 13.2. The smallest absolute Gasteiger partial charge is 0.299 e. The van der Waals surface area contributed by atoms with Crippen LogP contribution >= 0.6 is 0 Å². The van der Waals surface area contributed by atoms with Gasteiger partial charge in [-0.3, -0.25) is 0 Å². The molecule has 0 spiro atoms. The van der Waals surface area contributed by atoms with Crippen molar-refractivity contribution in [2.75, 3.05) is 6.61 Å². The fourth-order valence-corrected chi connectivity index (χ4v) is 3.42. The first-order chi connectivity index (χ1) is 8.54. The van der Waals surface area contributed by atoms with Gasteiger partial charge in [-0.25, -0.2) is 4.18 Å². The van der Waals surface area contributed by atoms with Crippen LogP contribution in [0.1, 0.15) is 30.9 Å². The Morgan fingerprint density at radius 2 is 2.22 bits per heavy atom. The second-order valence-corrected chi connectivity index (χ2v) is 5.93. The number of benzene rings is 1. The first-order valence-electron chi connectivity index (χ1n) is 6.18. The number of ether oxygens (including phenoxy) is 1. The van der Waals surface area contributed by atoms with Gasteiger partial charge in [0, 0.05) is 13.0 Å². The summed E-state index contributed by atoms with van der Waals surface area (Å²) < 4.78 is 34.7. The van der Waals surface area contributed by atoms with E-state index in [0.29, 0.717) is 13.0 Å². The molecule has 0 bridgehead atoms. The summed E-state index contributed by atoms with van der Waals surface area (Å²) in [6.07, 6.45) is 1.65. The number of hydrogen-bond donors (Lipinski definition) is 0. The van der Waals surface area contributed by atoms with Crippen LogP contribution in [0.3, 0.4) is 0 Å².